The molecule has 1 aliphatic rings. The second-order valence-corrected chi connectivity index (χ2v) is 14.9. The molecule has 2 nitrogen and oxygen atoms in total. The van der Waals surface area contributed by atoms with Crippen LogP contribution in [0.5, 0.6) is 0 Å². The van der Waals surface area contributed by atoms with Crippen molar-refractivity contribution in [3.63, 3.8) is 0 Å². The molecule has 0 unspecified atom stereocenters. The number of hydrogen-bond donors (Lipinski definition) is 1. The Bertz CT molecular complexity index is 2980. The third-order valence-electron chi connectivity index (χ3n) is 11.7. The monoisotopic (exact) mass is 690 g/mol. The highest BCUT2D eigenvalue weighted by molar-refractivity contribution is 6.22. The molecule has 256 valence electrons. The van der Waals surface area contributed by atoms with Crippen LogP contribution in [0.25, 0.3) is 88.7 Å². The van der Waals surface area contributed by atoms with E-state index in [4.69, 9.17) is 5.41 Å². The SMILES string of the molecule is C=Cc1c(C=N)c2cc(-c3ccc4c(-c5ccccc5)c5ccccc5c(-c5ccccc5)c4c3)ccc2n1-c1ccc2c(c1)C(C)(C)c1ccccc1-2. The average molecular weight is 691 g/mol. The zero-order valence-electron chi connectivity index (χ0n) is 30.4. The molecule has 10 rings (SSSR count). The van der Waals surface area contributed by atoms with Gasteiger partial charge in [0.2, 0.25) is 0 Å². The summed E-state index contributed by atoms with van der Waals surface area (Å²) < 4.78 is 2.28. The van der Waals surface area contributed by atoms with E-state index in [0.717, 1.165) is 39.0 Å². The Morgan fingerprint density at radius 1 is 0.500 bits per heavy atom. The summed E-state index contributed by atoms with van der Waals surface area (Å²) in [6, 6.07) is 59.6. The van der Waals surface area contributed by atoms with E-state index in [0.29, 0.717) is 0 Å². The minimum Gasteiger partial charge on any atom is -0.309 e. The lowest BCUT2D eigenvalue weighted by Gasteiger charge is -2.22. The first-order valence-corrected chi connectivity index (χ1v) is 18.6. The van der Waals surface area contributed by atoms with E-state index in [-0.39, 0.29) is 5.41 Å². The number of nitrogens with zero attached hydrogens (tertiary/aromatic N) is 1. The number of benzene rings is 8. The van der Waals surface area contributed by atoms with E-state index in [1.54, 1.807) is 0 Å². The largest absolute Gasteiger partial charge is 0.309 e. The molecule has 1 aromatic heterocycles. The molecule has 9 aromatic rings. The van der Waals surface area contributed by atoms with Crippen LogP contribution < -0.4 is 0 Å². The van der Waals surface area contributed by atoms with Gasteiger partial charge in [0.15, 0.2) is 0 Å². The second kappa shape index (κ2) is 12.1. The molecule has 1 heterocycles. The molecule has 0 fully saturated rings. The highest BCUT2D eigenvalue weighted by Crippen LogP contribution is 2.50. The zero-order chi connectivity index (χ0) is 36.6. The van der Waals surface area contributed by atoms with Crippen molar-refractivity contribution >= 4 is 44.7 Å². The fourth-order valence-electron chi connectivity index (χ4n) is 9.17. The maximum atomic E-state index is 8.62. The fraction of sp³-hybridized carbons (Fsp3) is 0.0577. The third kappa shape index (κ3) is 4.63. The Balaban J connectivity index is 1.19. The quantitative estimate of drug-likeness (QED) is 0.133. The first kappa shape index (κ1) is 31.9. The van der Waals surface area contributed by atoms with Crippen LogP contribution in [0, 0.1) is 5.41 Å². The molecule has 1 aliphatic carbocycles. The van der Waals surface area contributed by atoms with Crippen molar-refractivity contribution in [1.82, 2.24) is 4.57 Å². The van der Waals surface area contributed by atoms with Crippen LogP contribution in [0.3, 0.4) is 0 Å². The van der Waals surface area contributed by atoms with Gasteiger partial charge in [-0.25, -0.2) is 0 Å². The second-order valence-electron chi connectivity index (χ2n) is 14.9. The Morgan fingerprint density at radius 3 is 1.72 bits per heavy atom. The summed E-state index contributed by atoms with van der Waals surface area (Å²) in [4.78, 5) is 0. The van der Waals surface area contributed by atoms with Crippen LogP contribution in [0.1, 0.15) is 36.2 Å². The summed E-state index contributed by atoms with van der Waals surface area (Å²) in [7, 11) is 0. The van der Waals surface area contributed by atoms with E-state index >= 15 is 0 Å². The van der Waals surface area contributed by atoms with E-state index < -0.39 is 0 Å². The molecule has 0 amide bonds. The topological polar surface area (TPSA) is 28.8 Å². The van der Waals surface area contributed by atoms with Gasteiger partial charge in [-0.05, 0) is 114 Å². The lowest BCUT2D eigenvalue weighted by molar-refractivity contribution is 0.660. The first-order valence-electron chi connectivity index (χ1n) is 18.6. The molecular formula is C52H38N2. The van der Waals surface area contributed by atoms with E-state index in [1.165, 1.54) is 72.3 Å². The predicted octanol–water partition coefficient (Wildman–Crippen LogP) is 13.9. The van der Waals surface area contributed by atoms with Gasteiger partial charge in [-0.1, -0.05) is 154 Å². The van der Waals surface area contributed by atoms with Crippen molar-refractivity contribution in [2.24, 2.45) is 0 Å². The molecule has 0 saturated heterocycles. The van der Waals surface area contributed by atoms with Crippen molar-refractivity contribution in [2.45, 2.75) is 19.3 Å². The maximum Gasteiger partial charge on any atom is 0.0550 e. The molecule has 2 heteroatoms. The molecule has 0 spiro atoms. The molecule has 0 atom stereocenters. The summed E-state index contributed by atoms with van der Waals surface area (Å²) >= 11 is 0. The van der Waals surface area contributed by atoms with Gasteiger partial charge < -0.3 is 9.98 Å². The van der Waals surface area contributed by atoms with Gasteiger partial charge in [0.05, 0.1) is 11.2 Å². The highest BCUT2D eigenvalue weighted by atomic mass is 15.0. The highest BCUT2D eigenvalue weighted by Gasteiger charge is 2.35. The summed E-state index contributed by atoms with van der Waals surface area (Å²) in [5, 5.41) is 14.6. The molecule has 0 bridgehead atoms. The summed E-state index contributed by atoms with van der Waals surface area (Å²) in [6.45, 7) is 8.88. The number of aromatic nitrogens is 1. The Kier molecular flexibility index (Phi) is 7.18. The van der Waals surface area contributed by atoms with Gasteiger partial charge in [0.25, 0.3) is 0 Å². The molecule has 0 aliphatic heterocycles. The minimum absolute atomic E-state index is 0.114. The fourth-order valence-corrected chi connectivity index (χ4v) is 9.17. The van der Waals surface area contributed by atoms with Crippen LogP contribution in [-0.2, 0) is 5.41 Å². The minimum atomic E-state index is -0.114. The smallest absolute Gasteiger partial charge is 0.0550 e. The molecule has 0 saturated carbocycles. The van der Waals surface area contributed by atoms with Crippen molar-refractivity contribution in [3.8, 4) is 50.2 Å². The lowest BCUT2D eigenvalue weighted by Crippen LogP contribution is -2.15. The Morgan fingerprint density at radius 2 is 1.06 bits per heavy atom. The van der Waals surface area contributed by atoms with Gasteiger partial charge in [-0.15, -0.1) is 0 Å². The Labute approximate surface area is 315 Å². The van der Waals surface area contributed by atoms with Gasteiger partial charge in [-0.3, -0.25) is 0 Å². The number of hydrogen-bond acceptors (Lipinski definition) is 1. The molecule has 1 N–H and O–H groups in total. The van der Waals surface area contributed by atoms with Crippen molar-refractivity contribution in [3.05, 3.63) is 193 Å². The normalized spacial score (nSPS) is 12.9. The van der Waals surface area contributed by atoms with Crippen LogP contribution in [0.2, 0.25) is 0 Å². The van der Waals surface area contributed by atoms with Gasteiger partial charge in [0, 0.05) is 28.3 Å². The molecule has 54 heavy (non-hydrogen) atoms. The lowest BCUT2D eigenvalue weighted by atomic mass is 9.82. The van der Waals surface area contributed by atoms with Gasteiger partial charge >= 0.3 is 0 Å². The first-order chi connectivity index (χ1) is 26.5. The molecule has 0 radical (unpaired) electrons. The summed E-state index contributed by atoms with van der Waals surface area (Å²) in [6.07, 6.45) is 3.38. The Hall–Kier alpha value is -6.77. The van der Waals surface area contributed by atoms with E-state index in [2.05, 4.69) is 189 Å². The third-order valence-corrected chi connectivity index (χ3v) is 11.7. The van der Waals surface area contributed by atoms with Gasteiger partial charge in [0.1, 0.15) is 0 Å². The van der Waals surface area contributed by atoms with Gasteiger partial charge in [-0.2, -0.15) is 0 Å². The molecule has 8 aromatic carbocycles. The van der Waals surface area contributed by atoms with Crippen LogP contribution in [-0.4, -0.2) is 10.8 Å². The van der Waals surface area contributed by atoms with Crippen LogP contribution in [0.4, 0.5) is 0 Å². The van der Waals surface area contributed by atoms with E-state index in [1.807, 2.05) is 6.08 Å². The zero-order valence-corrected chi connectivity index (χ0v) is 30.4. The van der Waals surface area contributed by atoms with E-state index in [9.17, 15) is 0 Å². The number of rotatable bonds is 6. The maximum absolute atomic E-state index is 8.62. The molecular weight excluding hydrogens is 653 g/mol. The summed E-state index contributed by atoms with van der Waals surface area (Å²) in [5.74, 6) is 0. The van der Waals surface area contributed by atoms with Crippen molar-refractivity contribution in [1.29, 1.82) is 5.41 Å². The van der Waals surface area contributed by atoms with Crippen molar-refractivity contribution < 1.29 is 0 Å². The van der Waals surface area contributed by atoms with Crippen LogP contribution in [0.15, 0.2) is 170 Å². The number of nitrogens with one attached hydrogen (secondary N) is 1. The standard InChI is InChI=1S/C52H38N2/c1-4-48-45(32-53)43-29-36(24-28-49(43)54(48)37-25-27-39-38-19-13-14-22-46(38)52(2,3)47(39)31-37)35-23-26-42-44(30-35)51(34-17-9-6-10-18-34)41-21-12-11-20-40(41)50(42)33-15-7-5-8-16-33/h4-32,53H,1H2,2-3H3. The number of fused-ring (bicyclic) bond motifs is 6. The van der Waals surface area contributed by atoms with Crippen molar-refractivity contribution in [2.75, 3.05) is 0 Å². The van der Waals surface area contributed by atoms with Crippen LogP contribution >= 0.6 is 0 Å². The average Bonchev–Trinajstić information content (AvgIpc) is 3.67. The summed E-state index contributed by atoms with van der Waals surface area (Å²) in [5.41, 5.74) is 16.2. The predicted molar refractivity (Wildman–Crippen MR) is 230 cm³/mol.